The summed E-state index contributed by atoms with van der Waals surface area (Å²) in [4.78, 5) is 28.9. The summed E-state index contributed by atoms with van der Waals surface area (Å²) >= 11 is 0. The maximum absolute atomic E-state index is 12.0. The molecular weight excluding hydrogens is 258 g/mol. The Balaban J connectivity index is 1.88. The average molecular weight is 277 g/mol. The Kier molecular flexibility index (Phi) is 4.68. The summed E-state index contributed by atoms with van der Waals surface area (Å²) in [6.07, 6.45) is 3.64. The van der Waals surface area contributed by atoms with E-state index in [1.807, 2.05) is 6.92 Å². The maximum atomic E-state index is 12.0. The third-order valence-electron chi connectivity index (χ3n) is 3.35. The van der Waals surface area contributed by atoms with Crippen molar-refractivity contribution in [2.24, 2.45) is 0 Å². The van der Waals surface area contributed by atoms with Crippen LogP contribution in [0.3, 0.4) is 0 Å². The van der Waals surface area contributed by atoms with Crippen molar-refractivity contribution in [3.8, 4) is 0 Å². The standard InChI is InChI=1S/C14H19N3O3/c1-10(9-17-6-2-3-7-17)16-13(18)12-5-4-11(8-15-12)14(19)20/h4-5,8,10H,2-3,6-7,9H2,1H3,(H,16,18)(H,19,20). The molecule has 0 aromatic carbocycles. The second kappa shape index (κ2) is 6.47. The minimum atomic E-state index is -1.05. The van der Waals surface area contributed by atoms with Crippen molar-refractivity contribution in [1.29, 1.82) is 0 Å². The van der Waals surface area contributed by atoms with Crippen LogP contribution in [0, 0.1) is 0 Å². The van der Waals surface area contributed by atoms with Crippen LogP contribution < -0.4 is 5.32 Å². The van der Waals surface area contributed by atoms with E-state index in [-0.39, 0.29) is 23.2 Å². The van der Waals surface area contributed by atoms with Gasteiger partial charge in [-0.2, -0.15) is 0 Å². The van der Waals surface area contributed by atoms with Crippen LogP contribution in [0.4, 0.5) is 0 Å². The van der Waals surface area contributed by atoms with Gasteiger partial charge < -0.3 is 15.3 Å². The van der Waals surface area contributed by atoms with Crippen LogP contribution in [-0.4, -0.2) is 52.5 Å². The quantitative estimate of drug-likeness (QED) is 0.839. The van der Waals surface area contributed by atoms with E-state index in [2.05, 4.69) is 15.2 Å². The number of hydrogen-bond acceptors (Lipinski definition) is 4. The number of nitrogens with zero attached hydrogens (tertiary/aromatic N) is 2. The number of likely N-dealkylation sites (tertiary alicyclic amines) is 1. The largest absolute Gasteiger partial charge is 0.478 e. The molecule has 20 heavy (non-hydrogen) atoms. The third kappa shape index (κ3) is 3.77. The topological polar surface area (TPSA) is 82.5 Å². The normalized spacial score (nSPS) is 16.9. The van der Waals surface area contributed by atoms with E-state index >= 15 is 0 Å². The van der Waals surface area contributed by atoms with E-state index in [0.29, 0.717) is 0 Å². The highest BCUT2D eigenvalue weighted by Crippen LogP contribution is 2.08. The first kappa shape index (κ1) is 14.5. The second-order valence-electron chi connectivity index (χ2n) is 5.12. The number of aromatic nitrogens is 1. The van der Waals surface area contributed by atoms with E-state index < -0.39 is 5.97 Å². The molecule has 1 aliphatic rings. The average Bonchev–Trinajstić information content (AvgIpc) is 2.91. The number of carboxylic acids is 1. The van der Waals surface area contributed by atoms with Crippen LogP contribution in [0.1, 0.15) is 40.6 Å². The molecule has 1 aliphatic heterocycles. The highest BCUT2D eigenvalue weighted by Gasteiger charge is 2.17. The van der Waals surface area contributed by atoms with Crippen LogP contribution >= 0.6 is 0 Å². The number of carbonyl (C=O) groups is 2. The molecule has 1 aromatic rings. The monoisotopic (exact) mass is 277 g/mol. The zero-order valence-corrected chi connectivity index (χ0v) is 11.5. The summed E-state index contributed by atoms with van der Waals surface area (Å²) in [5.74, 6) is -1.32. The van der Waals surface area contributed by atoms with Gasteiger partial charge in [0.2, 0.25) is 0 Å². The molecule has 1 aromatic heterocycles. The summed E-state index contributed by atoms with van der Waals surface area (Å²) in [6, 6.07) is 2.86. The first-order chi connectivity index (χ1) is 9.56. The lowest BCUT2D eigenvalue weighted by molar-refractivity contribution is 0.0695. The SMILES string of the molecule is CC(CN1CCCC1)NC(=O)c1ccc(C(=O)O)cn1. The molecule has 1 atom stereocenters. The van der Waals surface area contributed by atoms with E-state index in [1.54, 1.807) is 0 Å². The summed E-state index contributed by atoms with van der Waals surface area (Å²) in [7, 11) is 0. The number of carbonyl (C=O) groups excluding carboxylic acids is 1. The highest BCUT2D eigenvalue weighted by atomic mass is 16.4. The lowest BCUT2D eigenvalue weighted by atomic mass is 10.2. The Hall–Kier alpha value is -1.95. The van der Waals surface area contributed by atoms with Crippen molar-refractivity contribution >= 4 is 11.9 Å². The Morgan fingerprint density at radius 2 is 2.10 bits per heavy atom. The predicted octanol–water partition coefficient (Wildman–Crippen LogP) is 0.994. The number of hydrogen-bond donors (Lipinski definition) is 2. The van der Waals surface area contributed by atoms with Gasteiger partial charge in [0, 0.05) is 18.8 Å². The van der Waals surface area contributed by atoms with Crippen molar-refractivity contribution < 1.29 is 14.7 Å². The van der Waals surface area contributed by atoms with E-state index in [4.69, 9.17) is 5.11 Å². The van der Waals surface area contributed by atoms with Gasteiger partial charge in [0.15, 0.2) is 0 Å². The highest BCUT2D eigenvalue weighted by molar-refractivity contribution is 5.93. The molecule has 2 N–H and O–H groups in total. The molecule has 0 saturated carbocycles. The molecule has 0 aliphatic carbocycles. The van der Waals surface area contributed by atoms with E-state index in [9.17, 15) is 9.59 Å². The molecule has 1 saturated heterocycles. The molecule has 108 valence electrons. The molecule has 6 heteroatoms. The molecule has 1 fully saturated rings. The van der Waals surface area contributed by atoms with Crippen molar-refractivity contribution in [3.05, 3.63) is 29.6 Å². The van der Waals surface area contributed by atoms with Gasteiger partial charge in [0.1, 0.15) is 5.69 Å². The smallest absolute Gasteiger partial charge is 0.337 e. The van der Waals surface area contributed by atoms with Gasteiger partial charge in [-0.05, 0) is 45.0 Å². The number of amides is 1. The molecule has 1 unspecified atom stereocenters. The molecule has 0 spiro atoms. The Morgan fingerprint density at radius 1 is 1.40 bits per heavy atom. The van der Waals surface area contributed by atoms with Gasteiger partial charge >= 0.3 is 5.97 Å². The van der Waals surface area contributed by atoms with Crippen molar-refractivity contribution in [3.63, 3.8) is 0 Å². The number of pyridine rings is 1. The van der Waals surface area contributed by atoms with Crippen LogP contribution in [0.2, 0.25) is 0 Å². The number of nitrogens with one attached hydrogen (secondary N) is 1. The first-order valence-electron chi connectivity index (χ1n) is 6.79. The zero-order chi connectivity index (χ0) is 14.5. The van der Waals surface area contributed by atoms with Crippen LogP contribution in [-0.2, 0) is 0 Å². The second-order valence-corrected chi connectivity index (χ2v) is 5.12. The minimum Gasteiger partial charge on any atom is -0.478 e. The molecule has 6 nitrogen and oxygen atoms in total. The van der Waals surface area contributed by atoms with E-state index in [0.717, 1.165) is 19.6 Å². The molecule has 0 radical (unpaired) electrons. The number of rotatable bonds is 5. The molecule has 2 rings (SSSR count). The Morgan fingerprint density at radius 3 is 2.65 bits per heavy atom. The fraction of sp³-hybridized carbons (Fsp3) is 0.500. The van der Waals surface area contributed by atoms with Gasteiger partial charge in [0.25, 0.3) is 5.91 Å². The van der Waals surface area contributed by atoms with Crippen molar-refractivity contribution in [2.75, 3.05) is 19.6 Å². The lowest BCUT2D eigenvalue weighted by Crippen LogP contribution is -2.41. The van der Waals surface area contributed by atoms with Gasteiger partial charge in [-0.1, -0.05) is 0 Å². The van der Waals surface area contributed by atoms with Gasteiger partial charge in [-0.15, -0.1) is 0 Å². The Labute approximate surface area is 117 Å². The molecule has 2 heterocycles. The third-order valence-corrected chi connectivity index (χ3v) is 3.35. The first-order valence-corrected chi connectivity index (χ1v) is 6.79. The lowest BCUT2D eigenvalue weighted by Gasteiger charge is -2.21. The van der Waals surface area contributed by atoms with Crippen LogP contribution in [0.25, 0.3) is 0 Å². The van der Waals surface area contributed by atoms with E-state index in [1.165, 1.54) is 31.2 Å². The zero-order valence-electron chi connectivity index (χ0n) is 11.5. The summed E-state index contributed by atoms with van der Waals surface area (Å²) in [5, 5.41) is 11.7. The predicted molar refractivity (Wildman–Crippen MR) is 73.8 cm³/mol. The van der Waals surface area contributed by atoms with Crippen molar-refractivity contribution in [1.82, 2.24) is 15.2 Å². The van der Waals surface area contributed by atoms with Crippen molar-refractivity contribution in [2.45, 2.75) is 25.8 Å². The molecular formula is C14H19N3O3. The molecule has 1 amide bonds. The maximum Gasteiger partial charge on any atom is 0.337 e. The summed E-state index contributed by atoms with van der Waals surface area (Å²) < 4.78 is 0. The summed E-state index contributed by atoms with van der Waals surface area (Å²) in [5.41, 5.74) is 0.315. The number of carboxylic acid groups (broad SMARTS) is 1. The number of aromatic carboxylic acids is 1. The minimum absolute atomic E-state index is 0.0431. The Bertz CT molecular complexity index is 481. The fourth-order valence-electron chi connectivity index (χ4n) is 2.35. The molecule has 0 bridgehead atoms. The van der Waals surface area contributed by atoms with Gasteiger partial charge in [-0.3, -0.25) is 9.78 Å². The van der Waals surface area contributed by atoms with Gasteiger partial charge in [-0.25, -0.2) is 4.79 Å². The van der Waals surface area contributed by atoms with Gasteiger partial charge in [0.05, 0.1) is 5.56 Å². The fourth-order valence-corrected chi connectivity index (χ4v) is 2.35. The van der Waals surface area contributed by atoms with Crippen LogP contribution in [0.15, 0.2) is 18.3 Å². The summed E-state index contributed by atoms with van der Waals surface area (Å²) in [6.45, 7) is 4.97. The van der Waals surface area contributed by atoms with Crippen LogP contribution in [0.5, 0.6) is 0 Å².